The van der Waals surface area contributed by atoms with Crippen molar-refractivity contribution in [2.45, 2.75) is 51.5 Å². The highest BCUT2D eigenvalue weighted by Gasteiger charge is 2.20. The van der Waals surface area contributed by atoms with Crippen LogP contribution in [0.1, 0.15) is 50.2 Å². The Hall–Kier alpha value is -0.530. The zero-order chi connectivity index (χ0) is 13.7. The third kappa shape index (κ3) is 4.22. The monoisotopic (exact) mass is 279 g/mol. The Labute approximate surface area is 122 Å². The minimum absolute atomic E-state index is 0.454. The molecule has 1 aromatic rings. The number of aryl methyl sites for hydroxylation is 1. The molecule has 0 amide bonds. The largest absolute Gasteiger partial charge is 0.312 e. The predicted molar refractivity (Wildman–Crippen MR) is 84.1 cm³/mol. The lowest BCUT2D eigenvalue weighted by Crippen LogP contribution is -2.36. The molecule has 0 radical (unpaired) electrons. The summed E-state index contributed by atoms with van der Waals surface area (Å²) in [7, 11) is 0. The summed E-state index contributed by atoms with van der Waals surface area (Å²) in [6.45, 7) is 5.59. The highest BCUT2D eigenvalue weighted by molar-refractivity contribution is 6.18. The Morgan fingerprint density at radius 3 is 2.84 bits per heavy atom. The average Bonchev–Trinajstić information content (AvgIpc) is 2.43. The van der Waals surface area contributed by atoms with E-state index in [2.05, 4.69) is 43.4 Å². The molecule has 1 aliphatic carbocycles. The van der Waals surface area contributed by atoms with Crippen molar-refractivity contribution in [3.8, 4) is 0 Å². The molecule has 2 atom stereocenters. The molecule has 0 bridgehead atoms. The number of hydrogen-bond donors (Lipinski definition) is 1. The van der Waals surface area contributed by atoms with Crippen LogP contribution in [0.25, 0.3) is 0 Å². The van der Waals surface area contributed by atoms with Gasteiger partial charge in [0.2, 0.25) is 0 Å². The van der Waals surface area contributed by atoms with Crippen LogP contribution in [0.15, 0.2) is 24.3 Å². The summed E-state index contributed by atoms with van der Waals surface area (Å²) in [6.07, 6.45) is 5.04. The van der Waals surface area contributed by atoms with Gasteiger partial charge in [0.05, 0.1) is 0 Å². The second-order valence-electron chi connectivity index (χ2n) is 6.18. The van der Waals surface area contributed by atoms with Gasteiger partial charge in [-0.2, -0.15) is 0 Å². The maximum Gasteiger partial charge on any atom is 0.0377 e. The Morgan fingerprint density at radius 2 is 2.11 bits per heavy atom. The molecule has 1 aliphatic rings. The van der Waals surface area contributed by atoms with E-state index >= 15 is 0 Å². The van der Waals surface area contributed by atoms with Gasteiger partial charge in [-0.15, -0.1) is 11.6 Å². The van der Waals surface area contributed by atoms with Gasteiger partial charge < -0.3 is 5.32 Å². The van der Waals surface area contributed by atoms with Gasteiger partial charge >= 0.3 is 0 Å². The minimum atomic E-state index is 0.454. The van der Waals surface area contributed by atoms with Gasteiger partial charge in [0.1, 0.15) is 0 Å². The normalized spacial score (nSPS) is 20.3. The first-order valence-electron chi connectivity index (χ1n) is 7.58. The average molecular weight is 280 g/mol. The molecule has 2 heteroatoms. The van der Waals surface area contributed by atoms with Crippen molar-refractivity contribution in [1.82, 2.24) is 5.32 Å². The maximum absolute atomic E-state index is 6.07. The topological polar surface area (TPSA) is 12.0 Å². The van der Waals surface area contributed by atoms with E-state index in [0.29, 0.717) is 23.8 Å². The molecule has 19 heavy (non-hydrogen) atoms. The number of halogens is 1. The summed E-state index contributed by atoms with van der Waals surface area (Å²) in [4.78, 5) is 0. The van der Waals surface area contributed by atoms with E-state index in [-0.39, 0.29) is 0 Å². The first kappa shape index (κ1) is 14.9. The van der Waals surface area contributed by atoms with Crippen LogP contribution in [0.4, 0.5) is 0 Å². The van der Waals surface area contributed by atoms with Crippen LogP contribution >= 0.6 is 11.6 Å². The zero-order valence-corrected chi connectivity index (χ0v) is 12.9. The standard InChI is InChI=1S/C17H26ClN/c1-13(2)10-16(11-18)19-12-15-8-5-7-14-6-3-4-9-17(14)15/h3-4,6,9,13,15-16,19H,5,7-8,10-12H2,1-2H3. The van der Waals surface area contributed by atoms with Crippen LogP contribution in [-0.2, 0) is 6.42 Å². The van der Waals surface area contributed by atoms with Crippen molar-refractivity contribution in [2.24, 2.45) is 5.92 Å². The Morgan fingerprint density at radius 1 is 1.32 bits per heavy atom. The molecule has 0 spiro atoms. The fourth-order valence-corrected chi connectivity index (χ4v) is 3.38. The zero-order valence-electron chi connectivity index (χ0n) is 12.2. The van der Waals surface area contributed by atoms with E-state index in [4.69, 9.17) is 11.6 Å². The molecule has 1 aromatic carbocycles. The molecular weight excluding hydrogens is 254 g/mol. The Balaban J connectivity index is 1.93. The van der Waals surface area contributed by atoms with Crippen molar-refractivity contribution in [2.75, 3.05) is 12.4 Å². The van der Waals surface area contributed by atoms with Crippen molar-refractivity contribution in [3.63, 3.8) is 0 Å². The summed E-state index contributed by atoms with van der Waals surface area (Å²) in [5, 5.41) is 3.68. The molecule has 0 saturated heterocycles. The molecule has 0 aliphatic heterocycles. The Bertz CT molecular complexity index is 389. The molecule has 1 nitrogen and oxygen atoms in total. The van der Waals surface area contributed by atoms with Crippen LogP contribution in [0.2, 0.25) is 0 Å². The van der Waals surface area contributed by atoms with Gasteiger partial charge in [-0.25, -0.2) is 0 Å². The summed E-state index contributed by atoms with van der Waals surface area (Å²) in [5.74, 6) is 2.09. The van der Waals surface area contributed by atoms with Crippen molar-refractivity contribution in [1.29, 1.82) is 0 Å². The quantitative estimate of drug-likeness (QED) is 0.764. The van der Waals surface area contributed by atoms with Gasteiger partial charge in [-0.05, 0) is 48.6 Å². The fourth-order valence-electron chi connectivity index (χ4n) is 3.15. The number of benzene rings is 1. The summed E-state index contributed by atoms with van der Waals surface area (Å²) in [5.41, 5.74) is 3.10. The number of rotatable bonds is 6. The van der Waals surface area contributed by atoms with Crippen molar-refractivity contribution >= 4 is 11.6 Å². The lowest BCUT2D eigenvalue weighted by atomic mass is 9.82. The fraction of sp³-hybridized carbons (Fsp3) is 0.647. The molecule has 1 N–H and O–H groups in total. The number of alkyl halides is 1. The van der Waals surface area contributed by atoms with Crippen LogP contribution in [-0.4, -0.2) is 18.5 Å². The SMILES string of the molecule is CC(C)CC(CCl)NCC1CCCc2ccccc21. The highest BCUT2D eigenvalue weighted by Crippen LogP contribution is 2.31. The molecule has 0 saturated carbocycles. The first-order chi connectivity index (χ1) is 9.20. The molecule has 106 valence electrons. The van der Waals surface area contributed by atoms with Gasteiger partial charge in [-0.3, -0.25) is 0 Å². The third-order valence-electron chi connectivity index (χ3n) is 4.09. The van der Waals surface area contributed by atoms with Crippen molar-refractivity contribution in [3.05, 3.63) is 35.4 Å². The molecule has 0 heterocycles. The van der Waals surface area contributed by atoms with Crippen molar-refractivity contribution < 1.29 is 0 Å². The lowest BCUT2D eigenvalue weighted by Gasteiger charge is -2.28. The molecule has 0 fully saturated rings. The number of fused-ring (bicyclic) bond motifs is 1. The third-order valence-corrected chi connectivity index (χ3v) is 4.46. The second-order valence-corrected chi connectivity index (χ2v) is 6.49. The van der Waals surface area contributed by atoms with Gasteiger partial charge in [0, 0.05) is 18.5 Å². The second kappa shape index (κ2) is 7.31. The molecule has 2 rings (SSSR count). The van der Waals surface area contributed by atoms with E-state index in [1.165, 1.54) is 19.3 Å². The van der Waals surface area contributed by atoms with Gasteiger partial charge in [-0.1, -0.05) is 38.1 Å². The van der Waals surface area contributed by atoms with Crippen LogP contribution in [0.3, 0.4) is 0 Å². The minimum Gasteiger partial charge on any atom is -0.312 e. The van der Waals surface area contributed by atoms with E-state index in [9.17, 15) is 0 Å². The summed E-state index contributed by atoms with van der Waals surface area (Å²) >= 11 is 6.07. The highest BCUT2D eigenvalue weighted by atomic mass is 35.5. The van der Waals surface area contributed by atoms with Crippen LogP contribution in [0.5, 0.6) is 0 Å². The van der Waals surface area contributed by atoms with Crippen LogP contribution in [0, 0.1) is 5.92 Å². The lowest BCUT2D eigenvalue weighted by molar-refractivity contribution is 0.415. The van der Waals surface area contributed by atoms with E-state index in [1.54, 1.807) is 11.1 Å². The maximum atomic E-state index is 6.07. The first-order valence-corrected chi connectivity index (χ1v) is 8.11. The van der Waals surface area contributed by atoms with E-state index < -0.39 is 0 Å². The summed E-state index contributed by atoms with van der Waals surface area (Å²) in [6, 6.07) is 9.38. The van der Waals surface area contributed by atoms with Gasteiger partial charge in [0.15, 0.2) is 0 Å². The van der Waals surface area contributed by atoms with Gasteiger partial charge in [0.25, 0.3) is 0 Å². The number of nitrogens with one attached hydrogen (secondary N) is 1. The van der Waals surface area contributed by atoms with Crippen LogP contribution < -0.4 is 5.32 Å². The molecule has 0 aromatic heterocycles. The molecular formula is C17H26ClN. The predicted octanol–water partition coefficient (Wildman–Crippen LogP) is 4.35. The smallest absolute Gasteiger partial charge is 0.0377 e. The van der Waals surface area contributed by atoms with E-state index in [1.807, 2.05) is 0 Å². The Kier molecular flexibility index (Phi) is 5.72. The summed E-state index contributed by atoms with van der Waals surface area (Å²) < 4.78 is 0. The number of hydrogen-bond acceptors (Lipinski definition) is 1. The molecule has 2 unspecified atom stereocenters. The van der Waals surface area contributed by atoms with E-state index in [0.717, 1.165) is 13.0 Å².